The molecular weight excluding hydrogens is 308 g/mol. The van der Waals surface area contributed by atoms with E-state index in [0.29, 0.717) is 17.7 Å². The summed E-state index contributed by atoms with van der Waals surface area (Å²) in [6, 6.07) is -0.200. The smallest absolute Gasteiger partial charge is 0.353 e. The third kappa shape index (κ3) is 2.79. The minimum atomic E-state index is -1.51. The maximum Gasteiger partial charge on any atom is 0.353 e. The maximum atomic E-state index is 12.3. The van der Waals surface area contributed by atoms with Crippen LogP contribution in [0.1, 0.15) is 33.1 Å². The van der Waals surface area contributed by atoms with E-state index in [9.17, 15) is 23.7 Å². The average molecular weight is 328 g/mol. The molecule has 2 amide bonds. The van der Waals surface area contributed by atoms with Crippen molar-refractivity contribution in [2.24, 2.45) is 17.6 Å². The van der Waals surface area contributed by atoms with E-state index in [1.165, 1.54) is 4.90 Å². The second-order valence-electron chi connectivity index (χ2n) is 5.95. The Bertz CT molecular complexity index is 584. The summed E-state index contributed by atoms with van der Waals surface area (Å²) >= 11 is 0. The number of primary amides is 1. The number of nitrogens with zero attached hydrogens (tertiary/aromatic N) is 1. The normalized spacial score (nSPS) is 25.2. The molecular formula is C14H20N2O5S. The molecule has 0 bridgehead atoms. The standard InChI is InChI=1S/C14H20N2O5S/c1-7(2)11-8-6-9(22(21)5-3-4-10(15)17)12(14(19)20)16(8)13(11)18/h7-8,11H,3-6H2,1-2H3,(H2,15,17)(H,19,20). The summed E-state index contributed by atoms with van der Waals surface area (Å²) in [6.45, 7) is 3.84. The van der Waals surface area contributed by atoms with E-state index < -0.39 is 22.7 Å². The first kappa shape index (κ1) is 16.7. The summed E-state index contributed by atoms with van der Waals surface area (Å²) in [5.74, 6) is -1.83. The van der Waals surface area contributed by atoms with Gasteiger partial charge in [-0.1, -0.05) is 13.8 Å². The predicted molar refractivity (Wildman–Crippen MR) is 79.7 cm³/mol. The molecule has 2 rings (SSSR count). The van der Waals surface area contributed by atoms with Crippen LogP contribution in [-0.4, -0.2) is 43.8 Å². The number of hydrogen-bond acceptors (Lipinski definition) is 4. The molecule has 3 N–H and O–H groups in total. The summed E-state index contributed by atoms with van der Waals surface area (Å²) in [4.78, 5) is 35.9. The van der Waals surface area contributed by atoms with Gasteiger partial charge in [-0.15, -0.1) is 0 Å². The largest absolute Gasteiger partial charge is 0.477 e. The number of rotatable bonds is 7. The first-order chi connectivity index (χ1) is 10.3. The topological polar surface area (TPSA) is 118 Å². The number of amides is 2. The molecule has 0 aromatic heterocycles. The van der Waals surface area contributed by atoms with Gasteiger partial charge in [0.15, 0.2) is 0 Å². The van der Waals surface area contributed by atoms with E-state index in [1.807, 2.05) is 13.8 Å². The maximum absolute atomic E-state index is 12.3. The predicted octanol–water partition coefficient (Wildman–Crippen LogP) is 0.184. The minimum Gasteiger partial charge on any atom is -0.477 e. The van der Waals surface area contributed by atoms with Crippen LogP contribution in [0, 0.1) is 11.8 Å². The molecule has 0 saturated carbocycles. The number of hydrogen-bond donors (Lipinski definition) is 2. The van der Waals surface area contributed by atoms with Crippen molar-refractivity contribution in [1.29, 1.82) is 0 Å². The van der Waals surface area contributed by atoms with Gasteiger partial charge in [0.1, 0.15) is 5.70 Å². The zero-order valence-electron chi connectivity index (χ0n) is 12.6. The van der Waals surface area contributed by atoms with Crippen molar-refractivity contribution in [2.45, 2.75) is 39.2 Å². The van der Waals surface area contributed by atoms with Crippen LogP contribution in [0.3, 0.4) is 0 Å². The van der Waals surface area contributed by atoms with Gasteiger partial charge in [-0.25, -0.2) is 4.79 Å². The van der Waals surface area contributed by atoms with Crippen molar-refractivity contribution in [2.75, 3.05) is 5.75 Å². The summed E-state index contributed by atoms with van der Waals surface area (Å²) < 4.78 is 12.3. The van der Waals surface area contributed by atoms with E-state index in [0.717, 1.165) is 0 Å². The number of aliphatic carboxylic acids is 1. The lowest BCUT2D eigenvalue weighted by Gasteiger charge is -2.45. The zero-order valence-corrected chi connectivity index (χ0v) is 13.4. The third-order valence-electron chi connectivity index (χ3n) is 4.12. The van der Waals surface area contributed by atoms with E-state index in [1.54, 1.807) is 0 Å². The number of carbonyl (C=O) groups excluding carboxylic acids is 2. The Morgan fingerprint density at radius 1 is 1.45 bits per heavy atom. The van der Waals surface area contributed by atoms with E-state index >= 15 is 0 Å². The Balaban J connectivity index is 2.16. The van der Waals surface area contributed by atoms with Crippen molar-refractivity contribution >= 4 is 28.6 Å². The van der Waals surface area contributed by atoms with Crippen LogP contribution in [0.15, 0.2) is 10.6 Å². The fourth-order valence-electron chi connectivity index (χ4n) is 3.14. The Kier molecular flexibility index (Phi) is 4.69. The molecule has 3 unspecified atom stereocenters. The van der Waals surface area contributed by atoms with Crippen LogP contribution >= 0.6 is 0 Å². The van der Waals surface area contributed by atoms with Gasteiger partial charge in [0.25, 0.3) is 0 Å². The number of carboxylic acids is 1. The highest BCUT2D eigenvalue weighted by atomic mass is 32.2. The van der Waals surface area contributed by atoms with E-state index in [4.69, 9.17) is 5.73 Å². The quantitative estimate of drug-likeness (QED) is 0.647. The van der Waals surface area contributed by atoms with Crippen molar-refractivity contribution in [1.82, 2.24) is 4.90 Å². The van der Waals surface area contributed by atoms with Crippen LogP contribution in [0.5, 0.6) is 0 Å². The molecule has 2 aliphatic rings. The average Bonchev–Trinajstić information content (AvgIpc) is 2.72. The summed E-state index contributed by atoms with van der Waals surface area (Å²) in [7, 11) is -1.51. The molecule has 2 heterocycles. The third-order valence-corrected chi connectivity index (χ3v) is 5.69. The lowest BCUT2D eigenvalue weighted by Crippen LogP contribution is -2.60. The Morgan fingerprint density at radius 2 is 2.09 bits per heavy atom. The van der Waals surface area contributed by atoms with Gasteiger partial charge >= 0.3 is 5.97 Å². The van der Waals surface area contributed by atoms with Gasteiger partial charge in [0.2, 0.25) is 11.8 Å². The molecule has 3 atom stereocenters. The molecule has 0 radical (unpaired) electrons. The van der Waals surface area contributed by atoms with Gasteiger partial charge < -0.3 is 15.7 Å². The number of carbonyl (C=O) groups is 3. The molecule has 2 aliphatic heterocycles. The fourth-order valence-corrected chi connectivity index (χ4v) is 4.55. The van der Waals surface area contributed by atoms with Gasteiger partial charge in [-0.05, 0) is 12.3 Å². The molecule has 1 saturated heterocycles. The van der Waals surface area contributed by atoms with Gasteiger partial charge in [0.05, 0.1) is 22.8 Å². The Morgan fingerprint density at radius 3 is 2.59 bits per heavy atom. The lowest BCUT2D eigenvalue weighted by molar-refractivity contribution is -0.157. The molecule has 22 heavy (non-hydrogen) atoms. The van der Waals surface area contributed by atoms with Crippen molar-refractivity contribution in [3.8, 4) is 0 Å². The number of carboxylic acid groups (broad SMARTS) is 1. The second kappa shape index (κ2) is 6.20. The lowest BCUT2D eigenvalue weighted by atomic mass is 9.79. The number of fused-ring (bicyclic) bond motifs is 1. The van der Waals surface area contributed by atoms with Crippen LogP contribution in [0.4, 0.5) is 0 Å². The van der Waals surface area contributed by atoms with Gasteiger partial charge in [-0.3, -0.25) is 13.8 Å². The molecule has 8 heteroatoms. The highest BCUT2D eigenvalue weighted by Gasteiger charge is 2.56. The highest BCUT2D eigenvalue weighted by molar-refractivity contribution is 7.89. The first-order valence-electron chi connectivity index (χ1n) is 7.21. The summed E-state index contributed by atoms with van der Waals surface area (Å²) in [5.41, 5.74) is 4.90. The van der Waals surface area contributed by atoms with Crippen LogP contribution in [0.2, 0.25) is 0 Å². The molecule has 0 aromatic carbocycles. The van der Waals surface area contributed by atoms with Gasteiger partial charge in [-0.2, -0.15) is 0 Å². The first-order valence-corrected chi connectivity index (χ1v) is 8.53. The number of β-lactam (4-membered cyclic amide) rings is 1. The zero-order chi connectivity index (χ0) is 16.6. The molecule has 7 nitrogen and oxygen atoms in total. The van der Waals surface area contributed by atoms with Crippen LogP contribution in [-0.2, 0) is 25.2 Å². The van der Waals surface area contributed by atoms with Crippen molar-refractivity contribution in [3.05, 3.63) is 10.6 Å². The minimum absolute atomic E-state index is 0.113. The van der Waals surface area contributed by atoms with Crippen molar-refractivity contribution < 1.29 is 23.7 Å². The summed E-state index contributed by atoms with van der Waals surface area (Å²) in [6.07, 6.45) is 0.784. The van der Waals surface area contributed by atoms with E-state index in [-0.39, 0.29) is 41.7 Å². The SMILES string of the molecule is CC(C)C1C(=O)N2C(C(=O)O)=C(S(=O)CCCC(N)=O)CC12. The molecule has 0 aromatic rings. The van der Waals surface area contributed by atoms with Crippen LogP contribution in [0.25, 0.3) is 0 Å². The fraction of sp³-hybridized carbons (Fsp3) is 0.643. The monoisotopic (exact) mass is 328 g/mol. The van der Waals surface area contributed by atoms with Gasteiger partial charge in [0, 0.05) is 23.5 Å². The van der Waals surface area contributed by atoms with Crippen LogP contribution < -0.4 is 5.73 Å². The Labute approximate surface area is 131 Å². The van der Waals surface area contributed by atoms with E-state index in [2.05, 4.69) is 0 Å². The molecule has 1 fully saturated rings. The molecule has 0 aliphatic carbocycles. The highest BCUT2D eigenvalue weighted by Crippen LogP contribution is 2.46. The van der Waals surface area contributed by atoms with Crippen molar-refractivity contribution in [3.63, 3.8) is 0 Å². The molecule has 0 spiro atoms. The second-order valence-corrected chi connectivity index (χ2v) is 7.54. The Hall–Kier alpha value is -1.70. The number of nitrogens with two attached hydrogens (primary N) is 1. The summed E-state index contributed by atoms with van der Waals surface area (Å²) in [5, 5.41) is 9.35. The molecule has 122 valence electrons.